The summed E-state index contributed by atoms with van der Waals surface area (Å²) in [7, 11) is 2.01. The average Bonchev–Trinajstić information content (AvgIpc) is 3.11. The zero-order chi connectivity index (χ0) is 13.9. The number of aromatic amines is 2. The van der Waals surface area contributed by atoms with Gasteiger partial charge in [-0.2, -0.15) is 5.26 Å². The highest BCUT2D eigenvalue weighted by atomic mass is 15.2. The molecule has 0 amide bonds. The molecule has 0 radical (unpaired) electrons. The van der Waals surface area contributed by atoms with Crippen molar-refractivity contribution >= 4 is 16.7 Å². The average molecular weight is 264 g/mol. The Hall–Kier alpha value is -2.67. The Balaban J connectivity index is 1.87. The van der Waals surface area contributed by atoms with E-state index in [4.69, 9.17) is 0 Å². The van der Waals surface area contributed by atoms with Crippen LogP contribution in [0.25, 0.3) is 10.9 Å². The molecule has 0 fully saturated rings. The van der Waals surface area contributed by atoms with Crippen LogP contribution in [0, 0.1) is 11.3 Å². The number of nitrogens with zero attached hydrogens (tertiary/aromatic N) is 2. The maximum atomic E-state index is 9.40. The van der Waals surface area contributed by atoms with Gasteiger partial charge in [-0.1, -0.05) is 18.2 Å². The van der Waals surface area contributed by atoms with Crippen LogP contribution in [0.2, 0.25) is 0 Å². The second kappa shape index (κ2) is 5.14. The molecule has 2 heterocycles. The zero-order valence-corrected chi connectivity index (χ0v) is 11.4. The Bertz CT molecular complexity index is 746. The van der Waals surface area contributed by atoms with Crippen LogP contribution < -0.4 is 4.90 Å². The lowest BCUT2D eigenvalue weighted by atomic mass is 10.1. The molecule has 2 N–H and O–H groups in total. The van der Waals surface area contributed by atoms with Gasteiger partial charge in [0.05, 0.1) is 0 Å². The van der Waals surface area contributed by atoms with Gasteiger partial charge < -0.3 is 14.9 Å². The summed E-state index contributed by atoms with van der Waals surface area (Å²) in [6.45, 7) is 0.860. The first-order chi connectivity index (χ1) is 9.79. The van der Waals surface area contributed by atoms with Crippen LogP contribution in [-0.4, -0.2) is 23.6 Å². The summed E-state index contributed by atoms with van der Waals surface area (Å²) >= 11 is 0. The molecule has 20 heavy (non-hydrogen) atoms. The van der Waals surface area contributed by atoms with Gasteiger partial charge in [0.15, 0.2) is 0 Å². The lowest BCUT2D eigenvalue weighted by Gasteiger charge is -2.17. The topological polar surface area (TPSA) is 58.6 Å². The monoisotopic (exact) mass is 264 g/mol. The van der Waals surface area contributed by atoms with Gasteiger partial charge in [0.1, 0.15) is 17.5 Å². The van der Waals surface area contributed by atoms with Crippen LogP contribution in [0.5, 0.6) is 0 Å². The van der Waals surface area contributed by atoms with E-state index < -0.39 is 0 Å². The van der Waals surface area contributed by atoms with Crippen LogP contribution in [-0.2, 0) is 6.42 Å². The number of anilines is 1. The van der Waals surface area contributed by atoms with Gasteiger partial charge in [0.2, 0.25) is 0 Å². The molecule has 4 nitrogen and oxygen atoms in total. The molecular weight excluding hydrogens is 248 g/mol. The molecular formula is C16H16N4. The number of hydrogen-bond acceptors (Lipinski definition) is 2. The Kier molecular flexibility index (Phi) is 3.18. The fourth-order valence-electron chi connectivity index (χ4n) is 2.45. The molecule has 0 saturated carbocycles. The number of H-pyrrole nitrogens is 2. The number of hydrogen-bond donors (Lipinski definition) is 2. The van der Waals surface area contributed by atoms with Gasteiger partial charge in [0, 0.05) is 36.9 Å². The number of nitrogens with one attached hydrogen (secondary N) is 2. The lowest BCUT2D eigenvalue weighted by Crippen LogP contribution is -2.21. The van der Waals surface area contributed by atoms with E-state index in [0.717, 1.165) is 35.2 Å². The largest absolute Gasteiger partial charge is 0.367 e. The highest BCUT2D eigenvalue weighted by Gasteiger charge is 2.14. The first-order valence-corrected chi connectivity index (χ1v) is 6.63. The summed E-state index contributed by atoms with van der Waals surface area (Å²) < 4.78 is 0. The second-order valence-corrected chi connectivity index (χ2v) is 4.90. The van der Waals surface area contributed by atoms with E-state index in [1.165, 1.54) is 5.56 Å². The summed E-state index contributed by atoms with van der Waals surface area (Å²) in [4.78, 5) is 8.50. The standard InChI is InChI=1S/C16H16N4/c1-20(9-7-12-6-8-18-11-12)16-14(10-17)13-4-2-3-5-15(13)19-16/h2-6,8,11,18-19H,7,9H2,1H3. The van der Waals surface area contributed by atoms with Crippen LogP contribution >= 0.6 is 0 Å². The normalized spacial score (nSPS) is 10.6. The molecule has 0 aliphatic rings. The highest BCUT2D eigenvalue weighted by molar-refractivity contribution is 5.91. The molecule has 0 saturated heterocycles. The van der Waals surface area contributed by atoms with E-state index in [0.29, 0.717) is 0 Å². The molecule has 4 heteroatoms. The van der Waals surface area contributed by atoms with E-state index >= 15 is 0 Å². The Morgan fingerprint density at radius 3 is 2.85 bits per heavy atom. The maximum absolute atomic E-state index is 9.40. The predicted molar refractivity (Wildman–Crippen MR) is 80.8 cm³/mol. The first-order valence-electron chi connectivity index (χ1n) is 6.63. The molecule has 3 rings (SSSR count). The quantitative estimate of drug-likeness (QED) is 0.761. The molecule has 3 aromatic rings. The van der Waals surface area contributed by atoms with Crippen molar-refractivity contribution in [2.45, 2.75) is 6.42 Å². The summed E-state index contributed by atoms with van der Waals surface area (Å²) in [5, 5.41) is 10.4. The molecule has 2 aromatic heterocycles. The van der Waals surface area contributed by atoms with E-state index in [2.05, 4.69) is 27.0 Å². The van der Waals surface area contributed by atoms with Gasteiger partial charge in [-0.05, 0) is 24.1 Å². The summed E-state index contributed by atoms with van der Waals surface area (Å²) in [6.07, 6.45) is 4.88. The fraction of sp³-hybridized carbons (Fsp3) is 0.188. The van der Waals surface area contributed by atoms with Crippen LogP contribution in [0.3, 0.4) is 0 Å². The maximum Gasteiger partial charge on any atom is 0.124 e. The summed E-state index contributed by atoms with van der Waals surface area (Å²) in [5.74, 6) is 0.893. The molecule has 1 aromatic carbocycles. The minimum absolute atomic E-state index is 0.720. The van der Waals surface area contributed by atoms with E-state index in [1.54, 1.807) is 0 Å². The van der Waals surface area contributed by atoms with Crippen molar-refractivity contribution in [2.75, 3.05) is 18.5 Å². The third-order valence-corrected chi connectivity index (χ3v) is 3.58. The third-order valence-electron chi connectivity index (χ3n) is 3.58. The summed E-state index contributed by atoms with van der Waals surface area (Å²) in [5.41, 5.74) is 3.00. The molecule has 0 unspecified atom stereocenters. The van der Waals surface area contributed by atoms with Gasteiger partial charge in [-0.25, -0.2) is 0 Å². The van der Waals surface area contributed by atoms with Crippen LogP contribution in [0.1, 0.15) is 11.1 Å². The van der Waals surface area contributed by atoms with E-state index in [9.17, 15) is 5.26 Å². The molecule has 0 spiro atoms. The third kappa shape index (κ3) is 2.14. The SMILES string of the molecule is CN(CCc1cc[nH]c1)c1[nH]c2ccccc2c1C#N. The van der Waals surface area contributed by atoms with Crippen molar-refractivity contribution in [3.63, 3.8) is 0 Å². The first kappa shape index (κ1) is 12.4. The molecule has 0 bridgehead atoms. The molecule has 0 aliphatic carbocycles. The van der Waals surface area contributed by atoms with Crippen molar-refractivity contribution in [1.29, 1.82) is 5.26 Å². The van der Waals surface area contributed by atoms with Gasteiger partial charge in [-0.3, -0.25) is 0 Å². The number of fused-ring (bicyclic) bond motifs is 1. The van der Waals surface area contributed by atoms with Crippen molar-refractivity contribution in [2.24, 2.45) is 0 Å². The van der Waals surface area contributed by atoms with Gasteiger partial charge in [0.25, 0.3) is 0 Å². The van der Waals surface area contributed by atoms with Crippen LogP contribution in [0.4, 0.5) is 5.82 Å². The number of para-hydroxylation sites is 1. The van der Waals surface area contributed by atoms with E-state index in [-0.39, 0.29) is 0 Å². The predicted octanol–water partition coefficient (Wildman–Crippen LogP) is 3.05. The number of nitriles is 1. The smallest absolute Gasteiger partial charge is 0.124 e. The molecule has 0 aliphatic heterocycles. The van der Waals surface area contributed by atoms with Crippen molar-refractivity contribution in [3.05, 3.63) is 53.9 Å². The Morgan fingerprint density at radius 1 is 1.25 bits per heavy atom. The highest BCUT2D eigenvalue weighted by Crippen LogP contribution is 2.27. The van der Waals surface area contributed by atoms with Gasteiger partial charge in [-0.15, -0.1) is 0 Å². The van der Waals surface area contributed by atoms with E-state index in [1.807, 2.05) is 43.7 Å². The zero-order valence-electron chi connectivity index (χ0n) is 11.4. The second-order valence-electron chi connectivity index (χ2n) is 4.90. The Morgan fingerprint density at radius 2 is 2.10 bits per heavy atom. The number of likely N-dealkylation sites (N-methyl/N-ethyl adjacent to an activating group) is 1. The van der Waals surface area contributed by atoms with Crippen molar-refractivity contribution in [1.82, 2.24) is 9.97 Å². The minimum atomic E-state index is 0.720. The minimum Gasteiger partial charge on any atom is -0.367 e. The molecule has 100 valence electrons. The van der Waals surface area contributed by atoms with Crippen LogP contribution in [0.15, 0.2) is 42.7 Å². The Labute approximate surface area is 117 Å². The van der Waals surface area contributed by atoms with Crippen molar-refractivity contribution < 1.29 is 0 Å². The van der Waals surface area contributed by atoms with Gasteiger partial charge >= 0.3 is 0 Å². The fourth-order valence-corrected chi connectivity index (χ4v) is 2.45. The number of rotatable bonds is 4. The number of benzene rings is 1. The number of aromatic nitrogens is 2. The molecule has 0 atom stereocenters. The lowest BCUT2D eigenvalue weighted by molar-refractivity contribution is 0.865. The summed E-state index contributed by atoms with van der Waals surface area (Å²) in [6, 6.07) is 12.3. The van der Waals surface area contributed by atoms with Crippen molar-refractivity contribution in [3.8, 4) is 6.07 Å².